The van der Waals surface area contributed by atoms with Crippen molar-refractivity contribution in [1.82, 2.24) is 4.57 Å². The molecule has 80 valence electrons. The highest BCUT2D eigenvalue weighted by Crippen LogP contribution is 2.39. The van der Waals surface area contributed by atoms with Gasteiger partial charge in [0.05, 0.1) is 7.85 Å². The van der Waals surface area contributed by atoms with Gasteiger partial charge in [0.15, 0.2) is 0 Å². The van der Waals surface area contributed by atoms with Crippen LogP contribution in [0.2, 0.25) is 5.31 Å². The third kappa shape index (κ3) is 1.75. The maximum absolute atomic E-state index is 6.31. The molecule has 15 heavy (non-hydrogen) atoms. The fourth-order valence-electron chi connectivity index (χ4n) is 2.79. The van der Waals surface area contributed by atoms with E-state index < -0.39 is 0 Å². The van der Waals surface area contributed by atoms with E-state index in [2.05, 4.69) is 32.4 Å². The summed E-state index contributed by atoms with van der Waals surface area (Å²) in [6.07, 6.45) is 4.59. The molecule has 1 aliphatic carbocycles. The Morgan fingerprint density at radius 2 is 2.00 bits per heavy atom. The van der Waals surface area contributed by atoms with Gasteiger partial charge in [0.1, 0.15) is 0 Å². The van der Waals surface area contributed by atoms with Gasteiger partial charge in [0.2, 0.25) is 0 Å². The lowest BCUT2D eigenvalue weighted by Crippen LogP contribution is -2.13. The van der Waals surface area contributed by atoms with Crippen LogP contribution in [0.4, 0.5) is 0 Å². The highest BCUT2D eigenvalue weighted by atomic mass is 15.0. The van der Waals surface area contributed by atoms with Crippen LogP contribution in [0, 0.1) is 13.8 Å². The number of fused-ring (bicyclic) bond motifs is 1. The number of rotatable bonds is 0. The Morgan fingerprint density at radius 3 is 2.67 bits per heavy atom. The van der Waals surface area contributed by atoms with Crippen LogP contribution in [0.1, 0.15) is 42.3 Å². The molecule has 0 spiro atoms. The van der Waals surface area contributed by atoms with Crippen LogP contribution in [0.5, 0.6) is 0 Å². The topological polar surface area (TPSA) is 4.93 Å². The van der Waals surface area contributed by atoms with Gasteiger partial charge >= 0.3 is 0 Å². The minimum atomic E-state index is -0.0176. The molecule has 0 amide bonds. The van der Waals surface area contributed by atoms with Crippen molar-refractivity contribution in [3.8, 4) is 0 Å². The lowest BCUT2D eigenvalue weighted by molar-refractivity contribution is 0.538. The Kier molecular flexibility index (Phi) is 2.48. The Hall–Kier alpha value is -0.655. The molecular formula is C13H20BN. The largest absolute Gasteiger partial charge is 0.351 e. The Bertz CT molecular complexity index is 388. The van der Waals surface area contributed by atoms with Gasteiger partial charge in [0, 0.05) is 18.4 Å². The zero-order valence-electron chi connectivity index (χ0n) is 10.4. The van der Waals surface area contributed by atoms with Crippen LogP contribution in [-0.4, -0.2) is 12.4 Å². The lowest BCUT2D eigenvalue weighted by Gasteiger charge is -2.23. The minimum absolute atomic E-state index is 0.0176. The van der Waals surface area contributed by atoms with E-state index in [0.717, 1.165) is 12.8 Å². The molecule has 2 heteroatoms. The van der Waals surface area contributed by atoms with Gasteiger partial charge in [-0.15, -0.1) is 0 Å². The molecule has 0 N–H and O–H groups in total. The minimum Gasteiger partial charge on any atom is -0.351 e. The van der Waals surface area contributed by atoms with Gasteiger partial charge in [-0.2, -0.15) is 0 Å². The molecule has 2 radical (unpaired) electrons. The summed E-state index contributed by atoms with van der Waals surface area (Å²) in [4.78, 5) is 0. The molecule has 0 saturated heterocycles. The van der Waals surface area contributed by atoms with E-state index in [-0.39, 0.29) is 5.31 Å². The van der Waals surface area contributed by atoms with Crippen molar-refractivity contribution in [3.05, 3.63) is 22.5 Å². The normalized spacial score (nSPS) is 26.1. The van der Waals surface area contributed by atoms with E-state index >= 15 is 0 Å². The maximum Gasteiger partial charge on any atom is 0.0747 e. The SMILES string of the molecule is [B]C1(C)CCCc2c(C)c(C)n(C)c2C1. The number of nitrogens with zero attached hydrogens (tertiary/aromatic N) is 1. The van der Waals surface area contributed by atoms with E-state index in [9.17, 15) is 0 Å². The summed E-state index contributed by atoms with van der Waals surface area (Å²) in [5.74, 6) is 0. The van der Waals surface area contributed by atoms with Crippen molar-refractivity contribution >= 4 is 7.85 Å². The number of hydrogen-bond acceptors (Lipinski definition) is 0. The quantitative estimate of drug-likeness (QED) is 0.449. The highest BCUT2D eigenvalue weighted by Gasteiger charge is 2.26. The maximum atomic E-state index is 6.31. The summed E-state index contributed by atoms with van der Waals surface area (Å²) in [6, 6.07) is 0. The number of aromatic nitrogens is 1. The highest BCUT2D eigenvalue weighted by molar-refractivity contribution is 6.15. The van der Waals surface area contributed by atoms with Crippen LogP contribution in [0.3, 0.4) is 0 Å². The van der Waals surface area contributed by atoms with Crippen molar-refractivity contribution in [2.24, 2.45) is 7.05 Å². The molecule has 1 atom stereocenters. The lowest BCUT2D eigenvalue weighted by atomic mass is 9.65. The first-order valence-electron chi connectivity index (χ1n) is 5.85. The zero-order valence-corrected chi connectivity index (χ0v) is 10.4. The van der Waals surface area contributed by atoms with Gasteiger partial charge < -0.3 is 4.57 Å². The van der Waals surface area contributed by atoms with Crippen LogP contribution in [-0.2, 0) is 19.9 Å². The number of hydrogen-bond donors (Lipinski definition) is 0. The third-order valence-electron chi connectivity index (χ3n) is 4.00. The van der Waals surface area contributed by atoms with Gasteiger partial charge in [-0.05, 0) is 44.2 Å². The third-order valence-corrected chi connectivity index (χ3v) is 4.00. The molecule has 1 heterocycles. The molecule has 1 unspecified atom stereocenters. The Morgan fingerprint density at radius 1 is 1.33 bits per heavy atom. The first-order chi connectivity index (χ1) is 6.92. The summed E-state index contributed by atoms with van der Waals surface area (Å²) < 4.78 is 2.33. The average Bonchev–Trinajstić information content (AvgIpc) is 2.35. The van der Waals surface area contributed by atoms with Gasteiger partial charge in [0.25, 0.3) is 0 Å². The Balaban J connectivity index is 2.52. The van der Waals surface area contributed by atoms with Crippen LogP contribution < -0.4 is 0 Å². The van der Waals surface area contributed by atoms with Crippen molar-refractivity contribution in [2.45, 2.75) is 51.8 Å². The van der Waals surface area contributed by atoms with Gasteiger partial charge in [-0.1, -0.05) is 18.7 Å². The molecule has 0 saturated carbocycles. The van der Waals surface area contributed by atoms with Crippen molar-refractivity contribution in [2.75, 3.05) is 0 Å². The predicted molar refractivity (Wildman–Crippen MR) is 65.7 cm³/mol. The van der Waals surface area contributed by atoms with Crippen LogP contribution in [0.25, 0.3) is 0 Å². The Labute approximate surface area is 94.3 Å². The molecular weight excluding hydrogens is 181 g/mol. The summed E-state index contributed by atoms with van der Waals surface area (Å²) in [6.45, 7) is 6.63. The standard InChI is InChI=1S/C13H20BN/c1-9-10(2)15(4)12-8-13(3,14)7-5-6-11(9)12/h5-8H2,1-4H3. The second kappa shape index (κ2) is 3.43. The molecule has 0 fully saturated rings. The summed E-state index contributed by atoms with van der Waals surface area (Å²) in [5.41, 5.74) is 5.90. The van der Waals surface area contributed by atoms with E-state index in [1.54, 1.807) is 5.56 Å². The van der Waals surface area contributed by atoms with Gasteiger partial charge in [-0.3, -0.25) is 0 Å². The van der Waals surface area contributed by atoms with Crippen molar-refractivity contribution in [1.29, 1.82) is 0 Å². The zero-order chi connectivity index (χ0) is 11.2. The van der Waals surface area contributed by atoms with Crippen LogP contribution >= 0.6 is 0 Å². The summed E-state index contributed by atoms with van der Waals surface area (Å²) in [7, 11) is 8.48. The van der Waals surface area contributed by atoms with E-state index in [0.29, 0.717) is 0 Å². The molecule has 1 aromatic rings. The summed E-state index contributed by atoms with van der Waals surface area (Å²) >= 11 is 0. The first-order valence-corrected chi connectivity index (χ1v) is 5.85. The molecule has 2 rings (SSSR count). The average molecular weight is 201 g/mol. The molecule has 0 aliphatic heterocycles. The fourth-order valence-corrected chi connectivity index (χ4v) is 2.79. The van der Waals surface area contributed by atoms with E-state index in [1.165, 1.54) is 29.8 Å². The van der Waals surface area contributed by atoms with E-state index in [4.69, 9.17) is 7.85 Å². The molecule has 0 aromatic carbocycles. The van der Waals surface area contributed by atoms with Crippen LogP contribution in [0.15, 0.2) is 0 Å². The van der Waals surface area contributed by atoms with Crippen molar-refractivity contribution in [3.63, 3.8) is 0 Å². The first kappa shape index (κ1) is 10.8. The fraction of sp³-hybridized carbons (Fsp3) is 0.692. The smallest absolute Gasteiger partial charge is 0.0747 e. The van der Waals surface area contributed by atoms with Gasteiger partial charge in [-0.25, -0.2) is 0 Å². The molecule has 1 aliphatic rings. The molecule has 1 aromatic heterocycles. The second-order valence-electron chi connectivity index (χ2n) is 5.38. The monoisotopic (exact) mass is 201 g/mol. The molecule has 0 bridgehead atoms. The predicted octanol–water partition coefficient (Wildman–Crippen LogP) is 2.87. The second-order valence-corrected chi connectivity index (χ2v) is 5.38. The van der Waals surface area contributed by atoms with Crippen molar-refractivity contribution < 1.29 is 0 Å². The summed E-state index contributed by atoms with van der Waals surface area (Å²) in [5, 5.41) is -0.0176. The molecule has 1 nitrogen and oxygen atoms in total. The van der Waals surface area contributed by atoms with E-state index in [1.807, 2.05) is 0 Å².